The number of nitrogens with zero attached hydrogens (tertiary/aromatic N) is 2. The van der Waals surface area contributed by atoms with E-state index in [4.69, 9.17) is 0 Å². The summed E-state index contributed by atoms with van der Waals surface area (Å²) in [6.07, 6.45) is 0. The Bertz CT molecular complexity index is 1500. The molecule has 0 amide bonds. The maximum atomic E-state index is 11.9. The van der Waals surface area contributed by atoms with Crippen molar-refractivity contribution in [3.63, 3.8) is 0 Å². The Hall–Kier alpha value is -3.17. The van der Waals surface area contributed by atoms with Gasteiger partial charge in [0.1, 0.15) is 14.1 Å². The van der Waals surface area contributed by atoms with Gasteiger partial charge >= 0.3 is 39.0 Å². The third kappa shape index (κ3) is 7.18. The predicted octanol–water partition coefficient (Wildman–Crippen LogP) is 7.85. The molecule has 36 heavy (non-hydrogen) atoms. The number of carbonyl (C=O) groups is 1. The number of carboxylic acids is 1. The van der Waals surface area contributed by atoms with Crippen LogP contribution in [0.2, 0.25) is 0 Å². The molecule has 2 aromatic carbocycles. The van der Waals surface area contributed by atoms with E-state index in [1.54, 1.807) is 23.5 Å². The van der Waals surface area contributed by atoms with Gasteiger partial charge in [-0.25, -0.2) is 9.37 Å². The van der Waals surface area contributed by atoms with Crippen LogP contribution in [0.5, 0.6) is 0 Å². The number of fused-ring (bicyclic) bond motifs is 2. The molecule has 4 rings (SSSR count). The SMILES string of the molecule is CN(C)c1ccc2c(-c3ccccc3C(=O)O)c3ccc(=[N+](C)C)cc-3sc2c1.F[P-](F)(F)(F)(F)F. The number of benzene rings is 3. The van der Waals surface area contributed by atoms with E-state index in [2.05, 4.69) is 45.9 Å². The molecule has 2 aliphatic rings. The van der Waals surface area contributed by atoms with E-state index in [9.17, 15) is 35.1 Å². The van der Waals surface area contributed by atoms with E-state index in [-0.39, 0.29) is 0 Å². The van der Waals surface area contributed by atoms with Gasteiger partial charge in [-0.15, -0.1) is 11.3 Å². The number of hydrogen-bond donors (Lipinski definition) is 1. The summed E-state index contributed by atoms with van der Waals surface area (Å²) in [6, 6.07) is 20.0. The third-order valence-corrected chi connectivity index (χ3v) is 6.26. The van der Waals surface area contributed by atoms with Crippen LogP contribution in [-0.4, -0.2) is 39.3 Å². The van der Waals surface area contributed by atoms with Crippen LogP contribution in [0.15, 0.2) is 60.7 Å². The van der Waals surface area contributed by atoms with Gasteiger partial charge in [0.15, 0.2) is 0 Å². The monoisotopic (exact) mass is 548 g/mol. The van der Waals surface area contributed by atoms with Gasteiger partial charge in [0.05, 0.1) is 5.56 Å². The molecule has 0 saturated heterocycles. The summed E-state index contributed by atoms with van der Waals surface area (Å²) in [5.74, 6) is -0.913. The molecular formula is C24H23F6N2O2PS. The summed E-state index contributed by atoms with van der Waals surface area (Å²) in [4.78, 5) is 15.2. The van der Waals surface area contributed by atoms with Crippen LogP contribution in [-0.2, 0) is 0 Å². The average molecular weight is 548 g/mol. The zero-order valence-electron chi connectivity index (χ0n) is 19.6. The van der Waals surface area contributed by atoms with Gasteiger partial charge in [-0.3, -0.25) is 0 Å². The van der Waals surface area contributed by atoms with E-state index in [0.717, 1.165) is 42.7 Å². The van der Waals surface area contributed by atoms with Crippen molar-refractivity contribution in [1.82, 2.24) is 4.58 Å². The number of anilines is 1. The molecule has 2 aromatic rings. The molecule has 0 atom stereocenters. The van der Waals surface area contributed by atoms with Gasteiger partial charge in [0, 0.05) is 52.4 Å². The molecule has 194 valence electrons. The van der Waals surface area contributed by atoms with Gasteiger partial charge < -0.3 is 10.0 Å². The molecule has 12 heteroatoms. The van der Waals surface area contributed by atoms with Gasteiger partial charge in [0.2, 0.25) is 5.36 Å². The van der Waals surface area contributed by atoms with Crippen molar-refractivity contribution in [2.24, 2.45) is 0 Å². The summed E-state index contributed by atoms with van der Waals surface area (Å²) in [5.41, 5.74) is 4.23. The summed E-state index contributed by atoms with van der Waals surface area (Å²) >= 11 is 1.74. The van der Waals surface area contributed by atoms with Crippen molar-refractivity contribution in [1.29, 1.82) is 0 Å². The molecule has 0 radical (unpaired) electrons. The zero-order chi connectivity index (χ0) is 27.1. The average Bonchev–Trinajstić information content (AvgIpc) is 2.74. The minimum atomic E-state index is -10.7. The van der Waals surface area contributed by atoms with Crippen LogP contribution in [0.3, 0.4) is 0 Å². The molecule has 0 bridgehead atoms. The number of carboxylic acid groups (broad SMARTS) is 1. The zero-order valence-corrected chi connectivity index (χ0v) is 21.4. The van der Waals surface area contributed by atoms with E-state index in [0.29, 0.717) is 5.56 Å². The van der Waals surface area contributed by atoms with Gasteiger partial charge in [-0.05, 0) is 35.4 Å². The second kappa shape index (κ2) is 8.74. The number of aromatic carboxylic acids is 1. The summed E-state index contributed by atoms with van der Waals surface area (Å²) in [6.45, 7) is 0. The normalized spacial score (nSPS) is 13.4. The van der Waals surface area contributed by atoms with Gasteiger partial charge in [-0.1, -0.05) is 24.3 Å². The molecule has 0 fully saturated rings. The predicted molar refractivity (Wildman–Crippen MR) is 136 cm³/mol. The van der Waals surface area contributed by atoms with E-state index >= 15 is 0 Å². The Morgan fingerprint density at radius 2 is 1.50 bits per heavy atom. The Labute approximate surface area is 206 Å². The second-order valence-corrected chi connectivity index (χ2v) is 11.4. The quantitative estimate of drug-likeness (QED) is 0.123. The molecule has 0 aromatic heterocycles. The number of rotatable bonds is 3. The standard InChI is InChI=1S/C24H22N2O2S.F6P/c1-25(2)15-9-11-19-21(13-15)29-22-14-16(26(3)4)10-12-20(22)23(19)17-7-5-6-8-18(17)24(27)28;1-7(2,3,4,5)6/h5-14H,1-4H3;/q;-1/p+1. The molecule has 1 N–H and O–H groups in total. The summed E-state index contributed by atoms with van der Waals surface area (Å²) < 4.78 is 62.4. The van der Waals surface area contributed by atoms with Crippen LogP contribution in [0, 0.1) is 0 Å². The Morgan fingerprint density at radius 1 is 0.889 bits per heavy atom. The van der Waals surface area contributed by atoms with E-state index in [1.807, 2.05) is 40.3 Å². The third-order valence-electron chi connectivity index (χ3n) is 5.15. The fourth-order valence-corrected chi connectivity index (χ4v) is 4.76. The van der Waals surface area contributed by atoms with Crippen molar-refractivity contribution >= 4 is 40.9 Å². The Balaban J connectivity index is 0.000000454. The van der Waals surface area contributed by atoms with Crippen molar-refractivity contribution < 1.29 is 35.1 Å². The first kappa shape index (κ1) is 27.4. The minimum absolute atomic E-state index is 0.319. The maximum absolute atomic E-state index is 11.9. The van der Waals surface area contributed by atoms with E-state index in [1.165, 1.54) is 0 Å². The topological polar surface area (TPSA) is 43.6 Å². The first-order valence-corrected chi connectivity index (χ1v) is 13.2. The fraction of sp³-hybridized carbons (Fsp3) is 0.167. The van der Waals surface area contributed by atoms with Crippen molar-refractivity contribution in [3.05, 3.63) is 71.6 Å². The van der Waals surface area contributed by atoms with Crippen LogP contribution in [0.1, 0.15) is 10.4 Å². The molecular weight excluding hydrogens is 525 g/mol. The molecule has 1 aliphatic carbocycles. The number of hydrogen-bond acceptors (Lipinski definition) is 3. The Kier molecular flexibility index (Phi) is 6.66. The molecule has 0 spiro atoms. The van der Waals surface area contributed by atoms with Crippen LogP contribution < -0.4 is 14.8 Å². The number of halogens is 6. The fourth-order valence-electron chi connectivity index (χ4n) is 3.60. The van der Waals surface area contributed by atoms with Gasteiger partial charge in [0.25, 0.3) is 0 Å². The molecule has 4 nitrogen and oxygen atoms in total. The second-order valence-electron chi connectivity index (χ2n) is 8.44. The van der Waals surface area contributed by atoms with Gasteiger partial charge in [-0.2, -0.15) is 0 Å². The first-order valence-electron chi connectivity index (χ1n) is 10.4. The van der Waals surface area contributed by atoms with E-state index < -0.39 is 13.8 Å². The van der Waals surface area contributed by atoms with Crippen molar-refractivity contribution in [3.8, 4) is 21.6 Å². The van der Waals surface area contributed by atoms with Crippen LogP contribution in [0.25, 0.3) is 31.7 Å². The first-order chi connectivity index (χ1) is 16.3. The Morgan fingerprint density at radius 3 is 2.06 bits per heavy atom. The van der Waals surface area contributed by atoms with Crippen LogP contribution in [0.4, 0.5) is 30.9 Å². The van der Waals surface area contributed by atoms with Crippen LogP contribution >= 0.6 is 19.1 Å². The van der Waals surface area contributed by atoms with Crippen molar-refractivity contribution in [2.45, 2.75) is 0 Å². The molecule has 1 aliphatic heterocycles. The molecule has 0 saturated carbocycles. The van der Waals surface area contributed by atoms with Crippen molar-refractivity contribution in [2.75, 3.05) is 33.1 Å². The summed E-state index contributed by atoms with van der Waals surface area (Å²) in [5, 5.41) is 12.0. The molecule has 1 heterocycles. The summed E-state index contributed by atoms with van der Waals surface area (Å²) in [7, 11) is -2.56. The molecule has 0 unspecified atom stereocenters.